The number of ether oxygens (including phenoxy) is 3. The molecule has 0 atom stereocenters. The Hall–Kier alpha value is -1.51. The molecule has 1 aromatic rings. The number of para-hydroxylation sites is 1. The van der Waals surface area contributed by atoms with Gasteiger partial charge in [-0.1, -0.05) is 18.2 Å². The lowest BCUT2D eigenvalue weighted by atomic mass is 10.3. The molecule has 0 radical (unpaired) electrons. The Morgan fingerprint density at radius 3 is 2.19 bits per heavy atom. The highest BCUT2D eigenvalue weighted by Gasteiger charge is 2.03. The molecule has 0 aromatic heterocycles. The summed E-state index contributed by atoms with van der Waals surface area (Å²) in [6.45, 7) is 7.18. The van der Waals surface area contributed by atoms with E-state index < -0.39 is 0 Å². The van der Waals surface area contributed by atoms with Gasteiger partial charge in [-0.25, -0.2) is 0 Å². The maximum absolute atomic E-state index is 11.7. The van der Waals surface area contributed by atoms with Crippen LogP contribution in [0.5, 0.6) is 5.75 Å². The molecule has 0 aliphatic carbocycles. The minimum Gasteiger partial charge on any atom is -0.427 e. The van der Waals surface area contributed by atoms with Gasteiger partial charge in [0.2, 0.25) is 0 Å². The van der Waals surface area contributed by atoms with Crippen LogP contribution in [0, 0.1) is 0 Å². The van der Waals surface area contributed by atoms with Crippen molar-refractivity contribution in [3.8, 4) is 5.75 Å². The van der Waals surface area contributed by atoms with Crippen LogP contribution in [0.15, 0.2) is 30.3 Å². The number of carbonyl (C=O) groups is 1. The van der Waals surface area contributed by atoms with Crippen LogP contribution >= 0.6 is 0 Å². The summed E-state index contributed by atoms with van der Waals surface area (Å²) in [5.74, 6) is 0.415. The number of likely N-dealkylation sites (N-methyl/N-ethyl adjacent to an activating group) is 1. The van der Waals surface area contributed by atoms with E-state index >= 15 is 0 Å². The highest BCUT2D eigenvalue weighted by Crippen LogP contribution is 2.09. The van der Waals surface area contributed by atoms with Crippen molar-refractivity contribution in [2.45, 2.75) is 19.3 Å². The molecule has 154 valence electrons. The smallest absolute Gasteiger partial charge is 0.311 e. The first-order valence-electron chi connectivity index (χ1n) is 9.80. The van der Waals surface area contributed by atoms with Crippen molar-refractivity contribution < 1.29 is 19.0 Å². The highest BCUT2D eigenvalue weighted by atomic mass is 16.5. The van der Waals surface area contributed by atoms with Gasteiger partial charge in [-0.2, -0.15) is 0 Å². The molecule has 0 heterocycles. The van der Waals surface area contributed by atoms with Crippen LogP contribution in [0.3, 0.4) is 0 Å². The van der Waals surface area contributed by atoms with E-state index in [9.17, 15) is 4.79 Å². The predicted molar refractivity (Wildman–Crippen MR) is 107 cm³/mol. The second-order valence-corrected chi connectivity index (χ2v) is 6.07. The lowest BCUT2D eigenvalue weighted by Gasteiger charge is -2.08. The first-order chi connectivity index (χ1) is 13.3. The largest absolute Gasteiger partial charge is 0.427 e. The molecule has 0 aliphatic rings. The maximum atomic E-state index is 11.7. The normalized spacial score (nSPS) is 10.9. The Morgan fingerprint density at radius 2 is 1.48 bits per heavy atom. The number of rotatable bonds is 18. The Kier molecular flexibility index (Phi) is 15.6. The lowest BCUT2D eigenvalue weighted by molar-refractivity contribution is -0.134. The van der Waals surface area contributed by atoms with Crippen molar-refractivity contribution in [3.63, 3.8) is 0 Å². The predicted octanol–water partition coefficient (Wildman–Crippen LogP) is 1.19. The third kappa shape index (κ3) is 15.3. The Balaban J connectivity index is 1.76. The van der Waals surface area contributed by atoms with Gasteiger partial charge >= 0.3 is 5.97 Å². The third-order valence-electron chi connectivity index (χ3n) is 3.70. The first kappa shape index (κ1) is 23.5. The summed E-state index contributed by atoms with van der Waals surface area (Å²) in [6, 6.07) is 9.16. The van der Waals surface area contributed by atoms with Crippen LogP contribution < -0.4 is 20.7 Å². The van der Waals surface area contributed by atoms with Gasteiger partial charge in [0, 0.05) is 32.7 Å². The molecule has 0 aliphatic heterocycles. The molecule has 0 spiro atoms. The molecule has 1 rings (SSSR count). The molecule has 0 saturated heterocycles. The van der Waals surface area contributed by atoms with Crippen LogP contribution in [0.4, 0.5) is 0 Å². The fourth-order valence-corrected chi connectivity index (χ4v) is 2.25. The third-order valence-corrected chi connectivity index (χ3v) is 3.70. The summed E-state index contributed by atoms with van der Waals surface area (Å²) in [6.07, 6.45) is 2.18. The van der Waals surface area contributed by atoms with E-state index in [4.69, 9.17) is 14.2 Å². The number of hydrogen-bond acceptors (Lipinski definition) is 7. The van der Waals surface area contributed by atoms with Crippen LogP contribution in [0.2, 0.25) is 0 Å². The zero-order chi connectivity index (χ0) is 19.4. The van der Waals surface area contributed by atoms with Crippen molar-refractivity contribution >= 4 is 5.97 Å². The van der Waals surface area contributed by atoms with E-state index in [1.807, 2.05) is 25.2 Å². The van der Waals surface area contributed by atoms with Gasteiger partial charge in [-0.3, -0.25) is 4.79 Å². The second kappa shape index (κ2) is 17.9. The lowest BCUT2D eigenvalue weighted by Crippen LogP contribution is -2.29. The zero-order valence-corrected chi connectivity index (χ0v) is 16.5. The standard InChI is InChI=1S/C20H35N3O4/c1-21-14-16-26-18-17-25-15-6-11-23-13-12-22-10-5-9-20(24)27-19-7-3-2-4-8-19/h2-4,7-8,21-23H,5-6,9-18H2,1H3. The van der Waals surface area contributed by atoms with Crippen molar-refractivity contribution in [2.24, 2.45) is 0 Å². The average molecular weight is 382 g/mol. The van der Waals surface area contributed by atoms with Gasteiger partial charge in [-0.05, 0) is 45.1 Å². The average Bonchev–Trinajstić information content (AvgIpc) is 2.68. The number of esters is 1. The van der Waals surface area contributed by atoms with Gasteiger partial charge < -0.3 is 30.2 Å². The van der Waals surface area contributed by atoms with Gasteiger partial charge in [0.05, 0.1) is 19.8 Å². The fourth-order valence-electron chi connectivity index (χ4n) is 2.25. The molecule has 27 heavy (non-hydrogen) atoms. The molecule has 0 unspecified atom stereocenters. The van der Waals surface area contributed by atoms with Gasteiger partial charge in [-0.15, -0.1) is 0 Å². The van der Waals surface area contributed by atoms with Gasteiger partial charge in [0.25, 0.3) is 0 Å². The number of nitrogens with one attached hydrogen (secondary N) is 3. The monoisotopic (exact) mass is 381 g/mol. The maximum Gasteiger partial charge on any atom is 0.311 e. The fraction of sp³-hybridized carbons (Fsp3) is 0.650. The minimum absolute atomic E-state index is 0.187. The molecular weight excluding hydrogens is 346 g/mol. The van der Waals surface area contributed by atoms with Crippen molar-refractivity contribution in [1.82, 2.24) is 16.0 Å². The molecule has 7 nitrogen and oxygen atoms in total. The van der Waals surface area contributed by atoms with E-state index in [0.29, 0.717) is 25.4 Å². The summed E-state index contributed by atoms with van der Waals surface area (Å²) < 4.78 is 16.1. The Labute approximate surface area is 163 Å². The SMILES string of the molecule is CNCCOCCOCCCNCCNCCCC(=O)Oc1ccccc1. The highest BCUT2D eigenvalue weighted by molar-refractivity contribution is 5.72. The minimum atomic E-state index is -0.187. The molecule has 1 aromatic carbocycles. The topological polar surface area (TPSA) is 80.9 Å². The van der Waals surface area contributed by atoms with Crippen molar-refractivity contribution in [2.75, 3.05) is 66.2 Å². The van der Waals surface area contributed by atoms with Crippen molar-refractivity contribution in [3.05, 3.63) is 30.3 Å². The zero-order valence-electron chi connectivity index (χ0n) is 16.5. The molecule has 7 heteroatoms. The molecule has 3 N–H and O–H groups in total. The van der Waals surface area contributed by atoms with Crippen LogP contribution in [0.25, 0.3) is 0 Å². The molecular formula is C20H35N3O4. The van der Waals surface area contributed by atoms with E-state index in [0.717, 1.165) is 58.8 Å². The second-order valence-electron chi connectivity index (χ2n) is 6.07. The van der Waals surface area contributed by atoms with Crippen LogP contribution in [-0.2, 0) is 14.3 Å². The quantitative estimate of drug-likeness (QED) is 0.200. The van der Waals surface area contributed by atoms with Gasteiger partial charge in [0.15, 0.2) is 0 Å². The molecule has 0 saturated carbocycles. The van der Waals surface area contributed by atoms with E-state index in [2.05, 4.69) is 16.0 Å². The van der Waals surface area contributed by atoms with E-state index in [-0.39, 0.29) is 5.97 Å². The van der Waals surface area contributed by atoms with Crippen molar-refractivity contribution in [1.29, 1.82) is 0 Å². The Bertz CT molecular complexity index is 460. The summed E-state index contributed by atoms with van der Waals surface area (Å²) in [7, 11) is 1.91. The molecule has 0 bridgehead atoms. The number of benzene rings is 1. The van der Waals surface area contributed by atoms with E-state index in [1.54, 1.807) is 12.1 Å². The van der Waals surface area contributed by atoms with Gasteiger partial charge in [0.1, 0.15) is 5.75 Å². The first-order valence-corrected chi connectivity index (χ1v) is 9.80. The van der Waals surface area contributed by atoms with Crippen LogP contribution in [-0.4, -0.2) is 72.2 Å². The summed E-state index contributed by atoms with van der Waals surface area (Å²) in [5.41, 5.74) is 0. The van der Waals surface area contributed by atoms with E-state index in [1.165, 1.54) is 0 Å². The summed E-state index contributed by atoms with van der Waals surface area (Å²) in [5, 5.41) is 9.71. The number of carbonyl (C=O) groups excluding carboxylic acids is 1. The Morgan fingerprint density at radius 1 is 0.815 bits per heavy atom. The van der Waals surface area contributed by atoms with Crippen LogP contribution in [0.1, 0.15) is 19.3 Å². The summed E-state index contributed by atoms with van der Waals surface area (Å²) in [4.78, 5) is 11.7. The molecule has 0 fully saturated rings. The number of hydrogen-bond donors (Lipinski definition) is 3. The summed E-state index contributed by atoms with van der Waals surface area (Å²) >= 11 is 0. The molecule has 0 amide bonds.